The lowest BCUT2D eigenvalue weighted by Crippen LogP contribution is -3.00. The molecule has 11 nitrogen and oxygen atoms in total. The number of hydrogen-bond acceptors (Lipinski definition) is 10. The van der Waals surface area contributed by atoms with Crippen LogP contribution in [0.5, 0.6) is 0 Å². The highest BCUT2D eigenvalue weighted by molar-refractivity contribution is 5.76. The first-order chi connectivity index (χ1) is 32.4. The van der Waals surface area contributed by atoms with E-state index in [1.165, 1.54) is 174 Å². The Kier molecular flexibility index (Phi) is 80.0. The summed E-state index contributed by atoms with van der Waals surface area (Å²) in [6.07, 6.45) is 42.3. The number of carbonyl (C=O) groups is 2. The van der Waals surface area contributed by atoms with Gasteiger partial charge in [-0.15, -0.1) is 0 Å². The van der Waals surface area contributed by atoms with E-state index >= 15 is 0 Å². The Morgan fingerprint density at radius 1 is 0.507 bits per heavy atom. The van der Waals surface area contributed by atoms with E-state index in [0.717, 1.165) is 58.0 Å². The maximum atomic E-state index is 10.2. The molecule has 0 aliphatic heterocycles. The fraction of sp³-hybridized carbons (Fsp3) is 0.945. The van der Waals surface area contributed by atoms with Crippen LogP contribution in [0.4, 0.5) is 0 Å². The molecule has 0 aromatic carbocycles. The quantitative estimate of drug-likeness (QED) is 0.0229. The van der Waals surface area contributed by atoms with Crippen molar-refractivity contribution in [2.75, 3.05) is 66.0 Å². The molecule has 0 rings (SSSR count). The van der Waals surface area contributed by atoms with Crippen molar-refractivity contribution in [2.45, 2.75) is 271 Å². The number of aliphatic hydroxyl groups excluding tert-OH is 4. The van der Waals surface area contributed by atoms with E-state index in [4.69, 9.17) is 24.1 Å². The van der Waals surface area contributed by atoms with E-state index in [1.54, 1.807) is 0 Å². The summed E-state index contributed by atoms with van der Waals surface area (Å²) >= 11 is 0. The summed E-state index contributed by atoms with van der Waals surface area (Å²) in [4.78, 5) is 22.6. The van der Waals surface area contributed by atoms with Gasteiger partial charge in [0, 0.05) is 39.8 Å². The topological polar surface area (TPSA) is 166 Å². The second-order valence-electron chi connectivity index (χ2n) is 17.8. The van der Waals surface area contributed by atoms with Gasteiger partial charge in [0.1, 0.15) is 25.2 Å². The zero-order valence-electron chi connectivity index (χ0n) is 44.7. The highest BCUT2D eigenvalue weighted by Gasteiger charge is 2.09. The van der Waals surface area contributed by atoms with Gasteiger partial charge >= 0.3 is 0 Å². The van der Waals surface area contributed by atoms with Gasteiger partial charge in [-0.25, -0.2) is 4.99 Å². The van der Waals surface area contributed by atoms with Crippen LogP contribution in [-0.4, -0.2) is 124 Å². The lowest BCUT2D eigenvalue weighted by molar-refractivity contribution is -0.433. The molecular formula is C55H114ClNO10. The second-order valence-corrected chi connectivity index (χ2v) is 17.8. The van der Waals surface area contributed by atoms with Crippen molar-refractivity contribution in [3.05, 3.63) is 0 Å². The molecule has 0 aliphatic carbocycles. The number of nitrogens with one attached hydrogen (secondary N) is 1. The van der Waals surface area contributed by atoms with Gasteiger partial charge < -0.3 is 56.6 Å². The molecule has 12 heteroatoms. The molecule has 0 aliphatic rings. The molecule has 3 unspecified atom stereocenters. The number of aliphatic hydroxyl groups is 4. The van der Waals surface area contributed by atoms with Crippen molar-refractivity contribution in [2.24, 2.45) is 0 Å². The van der Waals surface area contributed by atoms with Gasteiger partial charge in [0.05, 0.1) is 39.1 Å². The number of ketones is 1. The van der Waals surface area contributed by atoms with Gasteiger partial charge in [-0.05, 0) is 44.9 Å². The minimum absolute atomic E-state index is 0. The molecule has 67 heavy (non-hydrogen) atoms. The van der Waals surface area contributed by atoms with Crippen molar-refractivity contribution in [1.29, 1.82) is 0 Å². The monoisotopic (exact) mass is 984 g/mol. The molecule has 0 radical (unpaired) electrons. The van der Waals surface area contributed by atoms with Crippen molar-refractivity contribution in [3.63, 3.8) is 0 Å². The molecule has 3 atom stereocenters. The Labute approximate surface area is 420 Å². The highest BCUT2D eigenvalue weighted by atomic mass is 35.5. The SMILES string of the molecule is C=[NH+]CC(C)=O.CC.CCCCCCCCCCCCCCCCOCC(CO)OCCCCC(O)CO.CCCCCCCCCCCCCCCCOCC(CO)OCCCCC=O.[Cl-]. The highest BCUT2D eigenvalue weighted by Crippen LogP contribution is 2.15. The number of rotatable bonds is 51. The summed E-state index contributed by atoms with van der Waals surface area (Å²) in [5, 5.41) is 36.7. The van der Waals surface area contributed by atoms with Crippen molar-refractivity contribution in [1.82, 2.24) is 0 Å². The standard InChI is InChI=1S/C25H52O5.C24H48O4.C4H7NO.C2H6.ClH/c1-2-3-4-5-6-7-8-9-10-11-12-13-14-16-19-29-23-25(22-27)30-20-17-15-18-24(28)21-26;1-2-3-4-5-6-7-8-9-10-11-12-13-14-17-20-27-23-24(22-26)28-21-18-15-16-19-25;1-4(6)3-5-2;1-2;/h24-28H,2-23H2,1H3;19,24,26H,2-18,20-23H2,1H3;2-3H2,1H3;1-2H3;1H. The molecule has 5 N–H and O–H groups in total. The Hall–Kier alpha value is -1.02. The summed E-state index contributed by atoms with van der Waals surface area (Å²) in [7, 11) is 0. The zero-order valence-corrected chi connectivity index (χ0v) is 45.5. The summed E-state index contributed by atoms with van der Waals surface area (Å²) < 4.78 is 22.5. The average Bonchev–Trinajstić information content (AvgIpc) is 3.33. The number of Topliss-reactive ketones (excluding diaryl/α,β-unsaturated/α-hetero) is 1. The van der Waals surface area contributed by atoms with Crippen LogP contribution in [-0.2, 0) is 28.5 Å². The molecule has 0 amide bonds. The number of carbonyl (C=O) groups excluding carboxylic acids is 2. The van der Waals surface area contributed by atoms with E-state index in [1.807, 2.05) is 13.8 Å². The number of unbranched alkanes of at least 4 members (excludes halogenated alkanes) is 29. The maximum absolute atomic E-state index is 10.2. The first kappa shape index (κ1) is 74.9. The van der Waals surface area contributed by atoms with E-state index in [0.29, 0.717) is 45.8 Å². The smallest absolute Gasteiger partial charge is 0.198 e. The molecule has 0 saturated carbocycles. The first-order valence-corrected chi connectivity index (χ1v) is 27.7. The minimum atomic E-state index is -0.632. The van der Waals surface area contributed by atoms with E-state index < -0.39 is 6.10 Å². The van der Waals surface area contributed by atoms with Crippen molar-refractivity contribution < 1.29 is 66.4 Å². The Bertz CT molecular complexity index is 890. The molecule has 0 saturated heterocycles. The summed E-state index contributed by atoms with van der Waals surface area (Å²) in [6.45, 7) is 17.0. The van der Waals surface area contributed by atoms with Crippen LogP contribution in [0.1, 0.15) is 253 Å². The molecule has 0 bridgehead atoms. The lowest BCUT2D eigenvalue weighted by Gasteiger charge is -2.16. The average molecular weight is 985 g/mol. The molecule has 0 aromatic heterocycles. The Morgan fingerprint density at radius 2 is 0.821 bits per heavy atom. The molecule has 0 aromatic rings. The predicted octanol–water partition coefficient (Wildman–Crippen LogP) is 8.00. The Balaban J connectivity index is -0.000000325. The van der Waals surface area contributed by atoms with Crippen LogP contribution in [0, 0.1) is 0 Å². The third kappa shape index (κ3) is 74.1. The maximum Gasteiger partial charge on any atom is 0.198 e. The predicted molar refractivity (Wildman–Crippen MR) is 278 cm³/mol. The second kappa shape index (κ2) is 71.5. The Morgan fingerprint density at radius 3 is 1.09 bits per heavy atom. The third-order valence-electron chi connectivity index (χ3n) is 11.2. The molecule has 0 fully saturated rings. The van der Waals surface area contributed by atoms with Crippen LogP contribution in [0.15, 0.2) is 0 Å². The minimum Gasteiger partial charge on any atom is -1.00 e. The van der Waals surface area contributed by atoms with Gasteiger partial charge in [0.15, 0.2) is 12.3 Å². The van der Waals surface area contributed by atoms with Gasteiger partial charge in [-0.1, -0.05) is 195 Å². The van der Waals surface area contributed by atoms with E-state index in [9.17, 15) is 24.9 Å². The van der Waals surface area contributed by atoms with Crippen LogP contribution in [0.2, 0.25) is 0 Å². The number of aldehydes is 1. The van der Waals surface area contributed by atoms with Gasteiger partial charge in [0.2, 0.25) is 0 Å². The molecule has 0 heterocycles. The summed E-state index contributed by atoms with van der Waals surface area (Å²) in [6, 6.07) is 0. The number of hydrogen-bond donors (Lipinski definition) is 5. The van der Waals surface area contributed by atoms with E-state index in [-0.39, 0.29) is 50.2 Å². The fourth-order valence-electron chi connectivity index (χ4n) is 7.11. The number of halogens is 1. The summed E-state index contributed by atoms with van der Waals surface area (Å²) in [5.74, 6) is 0.116. The van der Waals surface area contributed by atoms with Crippen molar-refractivity contribution in [3.8, 4) is 0 Å². The fourth-order valence-corrected chi connectivity index (χ4v) is 7.11. The van der Waals surface area contributed by atoms with Gasteiger partial charge in [0.25, 0.3) is 0 Å². The normalized spacial score (nSPS) is 12.0. The van der Waals surface area contributed by atoms with Crippen molar-refractivity contribution >= 4 is 18.8 Å². The molecular weight excluding hydrogens is 870 g/mol. The van der Waals surface area contributed by atoms with Gasteiger partial charge in [-0.3, -0.25) is 4.79 Å². The molecule has 0 spiro atoms. The summed E-state index contributed by atoms with van der Waals surface area (Å²) in [5.41, 5.74) is 0. The van der Waals surface area contributed by atoms with Crippen LogP contribution >= 0.6 is 0 Å². The van der Waals surface area contributed by atoms with Crippen LogP contribution in [0.25, 0.3) is 0 Å². The first-order valence-electron chi connectivity index (χ1n) is 27.7. The lowest BCUT2D eigenvalue weighted by atomic mass is 10.0. The largest absolute Gasteiger partial charge is 1.00 e. The van der Waals surface area contributed by atoms with Crippen LogP contribution in [0.3, 0.4) is 0 Å². The number of ether oxygens (including phenoxy) is 4. The van der Waals surface area contributed by atoms with Crippen LogP contribution < -0.4 is 17.4 Å². The van der Waals surface area contributed by atoms with Gasteiger partial charge in [-0.2, -0.15) is 0 Å². The molecule has 406 valence electrons. The third-order valence-corrected chi connectivity index (χ3v) is 11.2. The van der Waals surface area contributed by atoms with E-state index in [2.05, 4.69) is 25.6 Å². The zero-order chi connectivity index (χ0) is 49.7.